The van der Waals surface area contributed by atoms with Gasteiger partial charge in [0.25, 0.3) is 0 Å². The van der Waals surface area contributed by atoms with Crippen LogP contribution in [0.3, 0.4) is 0 Å². The van der Waals surface area contributed by atoms with Gasteiger partial charge in [0, 0.05) is 30.2 Å². The normalized spacial score (nSPS) is 19.1. The van der Waals surface area contributed by atoms with Crippen molar-refractivity contribution in [1.82, 2.24) is 15.6 Å². The van der Waals surface area contributed by atoms with Crippen molar-refractivity contribution >= 4 is 16.8 Å². The Morgan fingerprint density at radius 2 is 2.30 bits per heavy atom. The van der Waals surface area contributed by atoms with Crippen molar-refractivity contribution < 1.29 is 9.53 Å². The monoisotopic (exact) mass is 273 g/mol. The van der Waals surface area contributed by atoms with Crippen LogP contribution >= 0.6 is 0 Å². The summed E-state index contributed by atoms with van der Waals surface area (Å²) in [6.07, 6.45) is 0.459. The molecule has 1 unspecified atom stereocenters. The maximum atomic E-state index is 11.9. The van der Waals surface area contributed by atoms with Crippen molar-refractivity contribution in [2.75, 3.05) is 19.8 Å². The summed E-state index contributed by atoms with van der Waals surface area (Å²) < 4.78 is 5.34. The molecule has 106 valence electrons. The van der Waals surface area contributed by atoms with Crippen molar-refractivity contribution in [3.63, 3.8) is 0 Å². The van der Waals surface area contributed by atoms with Crippen LogP contribution in [0.1, 0.15) is 12.1 Å². The number of benzene rings is 1. The first kappa shape index (κ1) is 13.1. The first-order valence-electron chi connectivity index (χ1n) is 6.96. The molecule has 1 atom stereocenters. The van der Waals surface area contributed by atoms with Gasteiger partial charge in [-0.1, -0.05) is 18.2 Å². The predicted octanol–water partition coefficient (Wildman–Crippen LogP) is 1.16. The molecule has 5 heteroatoms. The van der Waals surface area contributed by atoms with E-state index >= 15 is 0 Å². The van der Waals surface area contributed by atoms with Gasteiger partial charge in [-0.05, 0) is 17.5 Å². The number of ether oxygens (including phenoxy) is 1. The summed E-state index contributed by atoms with van der Waals surface area (Å²) in [6, 6.07) is 10.3. The zero-order valence-electron chi connectivity index (χ0n) is 11.3. The van der Waals surface area contributed by atoms with Crippen molar-refractivity contribution in [1.29, 1.82) is 0 Å². The molecule has 0 radical (unpaired) electrons. The minimum atomic E-state index is 0.0478. The van der Waals surface area contributed by atoms with Crippen LogP contribution in [-0.2, 0) is 16.1 Å². The third-order valence-corrected chi connectivity index (χ3v) is 3.49. The smallest absolute Gasteiger partial charge is 0.221 e. The van der Waals surface area contributed by atoms with Gasteiger partial charge in [-0.15, -0.1) is 0 Å². The Balaban J connectivity index is 1.51. The lowest BCUT2D eigenvalue weighted by Gasteiger charge is -2.23. The molecule has 1 aliphatic rings. The van der Waals surface area contributed by atoms with E-state index in [0.717, 1.165) is 24.4 Å². The molecule has 1 saturated heterocycles. The molecule has 1 aromatic carbocycles. The molecule has 5 nitrogen and oxygen atoms in total. The fraction of sp³-hybridized carbons (Fsp3) is 0.400. The second kappa shape index (κ2) is 6.07. The Hall–Kier alpha value is -1.85. The Morgan fingerprint density at radius 1 is 1.40 bits per heavy atom. The number of hydrogen-bond acceptors (Lipinski definition) is 3. The number of aromatic nitrogens is 1. The van der Waals surface area contributed by atoms with E-state index in [4.69, 9.17) is 4.74 Å². The summed E-state index contributed by atoms with van der Waals surface area (Å²) in [7, 11) is 0. The number of para-hydroxylation sites is 1. The number of carbonyl (C=O) groups is 1. The molecule has 3 N–H and O–H groups in total. The highest BCUT2D eigenvalue weighted by Gasteiger charge is 2.16. The van der Waals surface area contributed by atoms with E-state index in [1.807, 2.05) is 18.2 Å². The first-order chi connectivity index (χ1) is 9.81. The van der Waals surface area contributed by atoms with Crippen LogP contribution in [0, 0.1) is 0 Å². The summed E-state index contributed by atoms with van der Waals surface area (Å²) in [6.45, 7) is 2.69. The van der Waals surface area contributed by atoms with Crippen molar-refractivity contribution in [3.8, 4) is 0 Å². The zero-order chi connectivity index (χ0) is 13.8. The maximum Gasteiger partial charge on any atom is 0.221 e. The maximum absolute atomic E-state index is 11.9. The average Bonchev–Trinajstić information content (AvgIpc) is 2.89. The Morgan fingerprint density at radius 3 is 3.10 bits per heavy atom. The van der Waals surface area contributed by atoms with Gasteiger partial charge in [0.2, 0.25) is 5.91 Å². The lowest BCUT2D eigenvalue weighted by atomic mass is 10.2. The van der Waals surface area contributed by atoms with Crippen LogP contribution in [0.4, 0.5) is 0 Å². The zero-order valence-corrected chi connectivity index (χ0v) is 11.3. The molecular formula is C15H19N3O2. The third-order valence-electron chi connectivity index (χ3n) is 3.49. The lowest BCUT2D eigenvalue weighted by molar-refractivity contribution is -0.122. The second-order valence-corrected chi connectivity index (χ2v) is 5.09. The average molecular weight is 273 g/mol. The molecule has 2 heterocycles. The quantitative estimate of drug-likeness (QED) is 0.783. The first-order valence-corrected chi connectivity index (χ1v) is 6.96. The van der Waals surface area contributed by atoms with E-state index in [0.29, 0.717) is 19.6 Å². The Kier molecular flexibility index (Phi) is 3.99. The second-order valence-electron chi connectivity index (χ2n) is 5.09. The number of fused-ring (bicyclic) bond motifs is 1. The minimum absolute atomic E-state index is 0.0478. The van der Waals surface area contributed by atoms with Gasteiger partial charge in [-0.3, -0.25) is 4.79 Å². The number of carbonyl (C=O) groups excluding carboxylic acids is 1. The number of nitrogens with one attached hydrogen (secondary N) is 3. The number of hydrogen-bond donors (Lipinski definition) is 3. The highest BCUT2D eigenvalue weighted by molar-refractivity contribution is 5.80. The fourth-order valence-electron chi connectivity index (χ4n) is 2.47. The number of amides is 1. The number of morpholine rings is 1. The number of H-pyrrole nitrogens is 1. The van der Waals surface area contributed by atoms with E-state index in [-0.39, 0.29) is 11.9 Å². The van der Waals surface area contributed by atoms with Gasteiger partial charge in [0.1, 0.15) is 0 Å². The predicted molar refractivity (Wildman–Crippen MR) is 77.4 cm³/mol. The third kappa shape index (κ3) is 3.18. The van der Waals surface area contributed by atoms with Gasteiger partial charge < -0.3 is 20.4 Å². The Bertz CT molecular complexity index is 555. The standard InChI is InChI=1S/C15H19N3O2/c19-15(8-13-10-20-6-5-16-13)17-9-12-7-11-3-1-2-4-14(11)18-12/h1-4,7,13,16,18H,5-6,8-10H2,(H,17,19). The van der Waals surface area contributed by atoms with Crippen molar-refractivity contribution in [3.05, 3.63) is 36.0 Å². The summed E-state index contributed by atoms with van der Waals surface area (Å²) >= 11 is 0. The van der Waals surface area contributed by atoms with E-state index < -0.39 is 0 Å². The Labute approximate surface area is 117 Å². The molecule has 1 aliphatic heterocycles. The van der Waals surface area contributed by atoms with Crippen LogP contribution in [0.2, 0.25) is 0 Å². The highest BCUT2D eigenvalue weighted by Crippen LogP contribution is 2.14. The minimum Gasteiger partial charge on any atom is -0.378 e. The molecular weight excluding hydrogens is 254 g/mol. The molecule has 0 aliphatic carbocycles. The van der Waals surface area contributed by atoms with Gasteiger partial charge in [0.15, 0.2) is 0 Å². The lowest BCUT2D eigenvalue weighted by Crippen LogP contribution is -2.44. The topological polar surface area (TPSA) is 66.2 Å². The van der Waals surface area contributed by atoms with Gasteiger partial charge in [-0.2, -0.15) is 0 Å². The van der Waals surface area contributed by atoms with Crippen molar-refractivity contribution in [2.45, 2.75) is 19.0 Å². The van der Waals surface area contributed by atoms with Crippen molar-refractivity contribution in [2.24, 2.45) is 0 Å². The van der Waals surface area contributed by atoms with Crippen LogP contribution in [-0.4, -0.2) is 36.7 Å². The molecule has 3 rings (SSSR count). The van der Waals surface area contributed by atoms with Gasteiger partial charge >= 0.3 is 0 Å². The molecule has 1 amide bonds. The van der Waals surface area contributed by atoms with E-state index in [9.17, 15) is 4.79 Å². The van der Waals surface area contributed by atoms with Crippen LogP contribution in [0.15, 0.2) is 30.3 Å². The summed E-state index contributed by atoms with van der Waals surface area (Å²) in [5.74, 6) is 0.0478. The highest BCUT2D eigenvalue weighted by atomic mass is 16.5. The number of rotatable bonds is 4. The molecule has 2 aromatic rings. The van der Waals surface area contributed by atoms with Crippen LogP contribution < -0.4 is 10.6 Å². The fourth-order valence-corrected chi connectivity index (χ4v) is 2.47. The van der Waals surface area contributed by atoms with E-state index in [1.54, 1.807) is 0 Å². The van der Waals surface area contributed by atoms with E-state index in [2.05, 4.69) is 27.8 Å². The molecule has 0 spiro atoms. The summed E-state index contributed by atoms with van der Waals surface area (Å²) in [5, 5.41) is 7.38. The van der Waals surface area contributed by atoms with Crippen LogP contribution in [0.5, 0.6) is 0 Å². The largest absolute Gasteiger partial charge is 0.378 e. The van der Waals surface area contributed by atoms with E-state index in [1.165, 1.54) is 5.39 Å². The molecule has 0 saturated carbocycles. The molecule has 20 heavy (non-hydrogen) atoms. The molecule has 0 bridgehead atoms. The summed E-state index contributed by atoms with van der Waals surface area (Å²) in [5.41, 5.74) is 2.12. The number of aromatic amines is 1. The summed E-state index contributed by atoms with van der Waals surface area (Å²) in [4.78, 5) is 15.2. The molecule has 1 fully saturated rings. The molecule has 1 aromatic heterocycles. The van der Waals surface area contributed by atoms with Crippen LogP contribution in [0.25, 0.3) is 10.9 Å². The van der Waals surface area contributed by atoms with Gasteiger partial charge in [0.05, 0.1) is 19.8 Å². The SMILES string of the molecule is O=C(CC1COCCN1)NCc1cc2ccccc2[nH]1. The van der Waals surface area contributed by atoms with Gasteiger partial charge in [-0.25, -0.2) is 0 Å².